The van der Waals surface area contributed by atoms with Gasteiger partial charge in [-0.3, -0.25) is 9.59 Å². The second-order valence-corrected chi connectivity index (χ2v) is 6.56. The van der Waals surface area contributed by atoms with E-state index in [4.69, 9.17) is 4.74 Å². The summed E-state index contributed by atoms with van der Waals surface area (Å²) in [6.45, 7) is 8.25. The molecule has 0 radical (unpaired) electrons. The molecule has 1 rings (SSSR count). The molecule has 1 amide bonds. The molecular formula is C18H24N2O4. The van der Waals surface area contributed by atoms with Crippen molar-refractivity contribution in [3.8, 4) is 0 Å². The summed E-state index contributed by atoms with van der Waals surface area (Å²) in [5.41, 5.74) is 2.58. The minimum absolute atomic E-state index is 0.138. The molecule has 130 valence electrons. The Morgan fingerprint density at radius 1 is 1.12 bits per heavy atom. The SMILES string of the molecule is CC(=O)C(C/C(C)=N/NC(=O)OC(C)(C)C)C(=O)c1ccccc1. The first kappa shape index (κ1) is 19.5. The molecule has 24 heavy (non-hydrogen) atoms. The first-order valence-corrected chi connectivity index (χ1v) is 7.72. The van der Waals surface area contributed by atoms with Crippen LogP contribution in [-0.2, 0) is 9.53 Å². The molecule has 0 aromatic heterocycles. The van der Waals surface area contributed by atoms with Crippen molar-refractivity contribution in [2.75, 3.05) is 0 Å². The molecule has 6 nitrogen and oxygen atoms in total. The number of benzene rings is 1. The van der Waals surface area contributed by atoms with Gasteiger partial charge in [0.25, 0.3) is 0 Å². The summed E-state index contributed by atoms with van der Waals surface area (Å²) in [7, 11) is 0. The number of hydrogen-bond donors (Lipinski definition) is 1. The van der Waals surface area contributed by atoms with Crippen molar-refractivity contribution >= 4 is 23.4 Å². The van der Waals surface area contributed by atoms with Crippen molar-refractivity contribution in [2.45, 2.75) is 46.6 Å². The topological polar surface area (TPSA) is 84.8 Å². The molecule has 1 N–H and O–H groups in total. The fourth-order valence-electron chi connectivity index (χ4n) is 2.01. The van der Waals surface area contributed by atoms with Crippen LogP contribution in [0, 0.1) is 5.92 Å². The van der Waals surface area contributed by atoms with E-state index in [-0.39, 0.29) is 18.0 Å². The molecule has 0 aliphatic rings. The average molecular weight is 332 g/mol. The number of rotatable bonds is 6. The van der Waals surface area contributed by atoms with Crippen molar-refractivity contribution < 1.29 is 19.1 Å². The van der Waals surface area contributed by atoms with Gasteiger partial charge in [-0.1, -0.05) is 30.3 Å². The van der Waals surface area contributed by atoms with Crippen molar-refractivity contribution in [3.05, 3.63) is 35.9 Å². The maximum absolute atomic E-state index is 12.5. The van der Waals surface area contributed by atoms with Crippen LogP contribution in [0.4, 0.5) is 4.79 Å². The Bertz CT molecular complexity index is 630. The Labute approximate surface area is 142 Å². The van der Waals surface area contributed by atoms with Crippen LogP contribution in [0.1, 0.15) is 51.4 Å². The minimum atomic E-state index is -0.823. The maximum Gasteiger partial charge on any atom is 0.428 e. The van der Waals surface area contributed by atoms with E-state index in [1.807, 2.05) is 0 Å². The summed E-state index contributed by atoms with van der Waals surface area (Å²) in [5, 5.41) is 3.89. The Morgan fingerprint density at radius 2 is 1.71 bits per heavy atom. The zero-order chi connectivity index (χ0) is 18.3. The number of carbonyl (C=O) groups excluding carboxylic acids is 3. The quantitative estimate of drug-likeness (QED) is 0.374. The highest BCUT2D eigenvalue weighted by Crippen LogP contribution is 2.15. The fraction of sp³-hybridized carbons (Fsp3) is 0.444. The van der Waals surface area contributed by atoms with Crippen LogP contribution >= 0.6 is 0 Å². The second-order valence-electron chi connectivity index (χ2n) is 6.56. The van der Waals surface area contributed by atoms with Crippen LogP contribution < -0.4 is 5.43 Å². The Kier molecular flexibility index (Phi) is 6.82. The smallest absolute Gasteiger partial charge is 0.428 e. The number of ether oxygens (including phenoxy) is 1. The Balaban J connectivity index is 2.75. The number of nitrogens with zero attached hydrogens (tertiary/aromatic N) is 1. The molecule has 0 fully saturated rings. The number of hydrazone groups is 1. The summed E-state index contributed by atoms with van der Waals surface area (Å²) in [6.07, 6.45) is -0.547. The third-order valence-corrected chi connectivity index (χ3v) is 3.10. The van der Waals surface area contributed by atoms with Gasteiger partial charge in [0, 0.05) is 17.7 Å². The normalized spacial score (nSPS) is 13.1. The van der Waals surface area contributed by atoms with Gasteiger partial charge < -0.3 is 4.74 Å². The maximum atomic E-state index is 12.5. The largest absolute Gasteiger partial charge is 0.443 e. The van der Waals surface area contributed by atoms with Gasteiger partial charge in [0.15, 0.2) is 5.78 Å². The second kappa shape index (κ2) is 8.38. The van der Waals surface area contributed by atoms with Crippen molar-refractivity contribution in [2.24, 2.45) is 11.0 Å². The van der Waals surface area contributed by atoms with Gasteiger partial charge in [-0.15, -0.1) is 0 Å². The van der Waals surface area contributed by atoms with Crippen molar-refractivity contribution in [1.29, 1.82) is 0 Å². The zero-order valence-electron chi connectivity index (χ0n) is 14.8. The molecule has 1 aromatic carbocycles. The Hall–Kier alpha value is -2.50. The Morgan fingerprint density at radius 3 is 2.21 bits per heavy atom. The molecule has 0 heterocycles. The molecule has 1 atom stereocenters. The lowest BCUT2D eigenvalue weighted by molar-refractivity contribution is -0.119. The molecule has 0 aliphatic heterocycles. The van der Waals surface area contributed by atoms with Crippen LogP contribution in [0.25, 0.3) is 0 Å². The van der Waals surface area contributed by atoms with Gasteiger partial charge in [-0.2, -0.15) is 5.10 Å². The van der Waals surface area contributed by atoms with Gasteiger partial charge in [-0.05, 0) is 34.6 Å². The number of amides is 1. The predicted octanol–water partition coefficient (Wildman–Crippen LogP) is 3.37. The van der Waals surface area contributed by atoms with E-state index >= 15 is 0 Å². The third kappa shape index (κ3) is 6.73. The van der Waals surface area contributed by atoms with Crippen LogP contribution in [0.3, 0.4) is 0 Å². The van der Waals surface area contributed by atoms with E-state index in [0.29, 0.717) is 11.3 Å². The van der Waals surface area contributed by atoms with Crippen LogP contribution in [0.2, 0.25) is 0 Å². The average Bonchev–Trinajstić information content (AvgIpc) is 2.49. The van der Waals surface area contributed by atoms with E-state index in [9.17, 15) is 14.4 Å². The molecule has 0 bridgehead atoms. The molecule has 0 saturated heterocycles. The lowest BCUT2D eigenvalue weighted by atomic mass is 9.90. The lowest BCUT2D eigenvalue weighted by Crippen LogP contribution is -2.31. The number of nitrogens with one attached hydrogen (secondary N) is 1. The van der Waals surface area contributed by atoms with Gasteiger partial charge in [0.1, 0.15) is 11.4 Å². The van der Waals surface area contributed by atoms with Crippen molar-refractivity contribution in [1.82, 2.24) is 5.43 Å². The highest BCUT2D eigenvalue weighted by Gasteiger charge is 2.25. The molecule has 1 aromatic rings. The molecule has 0 saturated carbocycles. The highest BCUT2D eigenvalue weighted by atomic mass is 16.6. The summed E-state index contributed by atoms with van der Waals surface area (Å²) >= 11 is 0. The number of hydrogen-bond acceptors (Lipinski definition) is 5. The first-order valence-electron chi connectivity index (χ1n) is 7.72. The van der Waals surface area contributed by atoms with E-state index < -0.39 is 17.6 Å². The zero-order valence-corrected chi connectivity index (χ0v) is 14.8. The molecular weight excluding hydrogens is 308 g/mol. The van der Waals surface area contributed by atoms with Crippen LogP contribution in [0.5, 0.6) is 0 Å². The summed E-state index contributed by atoms with van der Waals surface area (Å²) in [4.78, 5) is 35.9. The number of carbonyl (C=O) groups is 3. The van der Waals surface area contributed by atoms with Crippen LogP contribution in [0.15, 0.2) is 35.4 Å². The van der Waals surface area contributed by atoms with E-state index in [0.717, 1.165) is 0 Å². The van der Waals surface area contributed by atoms with E-state index in [1.54, 1.807) is 58.0 Å². The van der Waals surface area contributed by atoms with E-state index in [1.165, 1.54) is 6.92 Å². The first-order chi connectivity index (χ1) is 11.1. The van der Waals surface area contributed by atoms with Gasteiger partial charge in [0.2, 0.25) is 0 Å². The summed E-state index contributed by atoms with van der Waals surface area (Å²) in [5.74, 6) is -1.32. The number of ketones is 2. The van der Waals surface area contributed by atoms with E-state index in [2.05, 4.69) is 10.5 Å². The summed E-state index contributed by atoms with van der Waals surface area (Å²) in [6, 6.07) is 8.63. The fourth-order valence-corrected chi connectivity index (χ4v) is 2.01. The highest BCUT2D eigenvalue weighted by molar-refractivity contribution is 6.12. The molecule has 1 unspecified atom stereocenters. The number of Topliss-reactive ketones (excluding diaryl/α,β-unsaturated/α-hetero) is 2. The van der Waals surface area contributed by atoms with Gasteiger partial charge in [0.05, 0.1) is 5.92 Å². The monoisotopic (exact) mass is 332 g/mol. The van der Waals surface area contributed by atoms with Crippen LogP contribution in [-0.4, -0.2) is 29.0 Å². The summed E-state index contributed by atoms with van der Waals surface area (Å²) < 4.78 is 5.07. The van der Waals surface area contributed by atoms with Gasteiger partial charge >= 0.3 is 6.09 Å². The predicted molar refractivity (Wildman–Crippen MR) is 92.0 cm³/mol. The standard InChI is InChI=1S/C18H24N2O4/c1-12(19-20-17(23)24-18(3,4)5)11-15(13(2)21)16(22)14-9-7-6-8-10-14/h6-10,15H,11H2,1-5H3,(H,20,23)/b19-12+. The van der Waals surface area contributed by atoms with Gasteiger partial charge in [-0.25, -0.2) is 10.2 Å². The molecule has 0 spiro atoms. The minimum Gasteiger partial charge on any atom is -0.443 e. The lowest BCUT2D eigenvalue weighted by Gasteiger charge is -2.18. The van der Waals surface area contributed by atoms with Crippen molar-refractivity contribution in [3.63, 3.8) is 0 Å². The molecule has 6 heteroatoms. The third-order valence-electron chi connectivity index (χ3n) is 3.10. The molecule has 0 aliphatic carbocycles.